The van der Waals surface area contributed by atoms with E-state index in [2.05, 4.69) is 36.4 Å². The lowest BCUT2D eigenvalue weighted by atomic mass is 9.89. The average Bonchev–Trinajstić information content (AvgIpc) is 3.08. The lowest BCUT2D eigenvalue weighted by Gasteiger charge is -2.15. The second-order valence-corrected chi connectivity index (χ2v) is 7.11. The molecule has 4 aromatic rings. The number of phenols is 1. The third-order valence-corrected chi connectivity index (χ3v) is 5.56. The zero-order valence-corrected chi connectivity index (χ0v) is 15.8. The highest BCUT2D eigenvalue weighted by Crippen LogP contribution is 2.47. The fourth-order valence-electron chi connectivity index (χ4n) is 4.26. The Balaban J connectivity index is 1.85. The summed E-state index contributed by atoms with van der Waals surface area (Å²) in [5.41, 5.74) is 7.18. The van der Waals surface area contributed by atoms with Crippen molar-refractivity contribution >= 4 is 10.8 Å². The van der Waals surface area contributed by atoms with Gasteiger partial charge in [0.1, 0.15) is 17.2 Å². The Morgan fingerprint density at radius 3 is 2.36 bits per heavy atom. The zero-order valence-electron chi connectivity index (χ0n) is 15.8. The molecule has 0 aromatic heterocycles. The molecule has 1 aliphatic rings. The highest BCUT2D eigenvalue weighted by atomic mass is 16.5. The van der Waals surface area contributed by atoms with Crippen LogP contribution in [-0.4, -0.2) is 19.3 Å². The van der Waals surface area contributed by atoms with Crippen LogP contribution in [0.5, 0.6) is 17.2 Å². The van der Waals surface area contributed by atoms with E-state index in [1.54, 1.807) is 20.3 Å². The van der Waals surface area contributed by atoms with Gasteiger partial charge in [0.25, 0.3) is 0 Å². The Hall–Kier alpha value is -3.46. The number of methoxy groups -OCH3 is 2. The van der Waals surface area contributed by atoms with Gasteiger partial charge in [0.15, 0.2) is 0 Å². The van der Waals surface area contributed by atoms with E-state index in [1.165, 1.54) is 22.3 Å². The Kier molecular flexibility index (Phi) is 3.76. The van der Waals surface area contributed by atoms with E-state index < -0.39 is 0 Å². The molecule has 0 amide bonds. The zero-order chi connectivity index (χ0) is 19.3. The van der Waals surface area contributed by atoms with Gasteiger partial charge in [-0.2, -0.15) is 0 Å². The lowest BCUT2D eigenvalue weighted by Crippen LogP contribution is -1.92. The lowest BCUT2D eigenvalue weighted by molar-refractivity contribution is 0.414. The number of ether oxygens (including phenoxy) is 2. The summed E-state index contributed by atoms with van der Waals surface area (Å²) < 4.78 is 10.9. The van der Waals surface area contributed by atoms with Crippen molar-refractivity contribution in [2.24, 2.45) is 0 Å². The van der Waals surface area contributed by atoms with Gasteiger partial charge >= 0.3 is 0 Å². The van der Waals surface area contributed by atoms with Crippen molar-refractivity contribution in [1.29, 1.82) is 0 Å². The highest BCUT2D eigenvalue weighted by Gasteiger charge is 2.24. The van der Waals surface area contributed by atoms with Crippen molar-refractivity contribution in [3.05, 3.63) is 77.9 Å². The van der Waals surface area contributed by atoms with Gasteiger partial charge in [-0.05, 0) is 93.0 Å². The summed E-state index contributed by atoms with van der Waals surface area (Å²) in [6.07, 6.45) is 0.833. The number of benzene rings is 4. The minimum Gasteiger partial charge on any atom is -0.508 e. The quantitative estimate of drug-likeness (QED) is 0.437. The van der Waals surface area contributed by atoms with Crippen molar-refractivity contribution in [2.45, 2.75) is 6.42 Å². The molecular formula is C25H20O3. The van der Waals surface area contributed by atoms with E-state index in [-0.39, 0.29) is 5.75 Å². The molecule has 1 aliphatic carbocycles. The molecule has 138 valence electrons. The van der Waals surface area contributed by atoms with Crippen molar-refractivity contribution in [1.82, 2.24) is 0 Å². The monoisotopic (exact) mass is 368 g/mol. The molecule has 1 N–H and O–H groups in total. The summed E-state index contributed by atoms with van der Waals surface area (Å²) in [4.78, 5) is 0. The van der Waals surface area contributed by atoms with Crippen molar-refractivity contribution in [2.75, 3.05) is 14.2 Å². The molecule has 0 saturated heterocycles. The Labute approximate surface area is 163 Å². The first-order valence-corrected chi connectivity index (χ1v) is 9.28. The first-order valence-electron chi connectivity index (χ1n) is 9.28. The normalized spacial score (nSPS) is 11.9. The van der Waals surface area contributed by atoms with Crippen molar-refractivity contribution in [3.8, 4) is 39.5 Å². The second-order valence-electron chi connectivity index (χ2n) is 7.11. The fraction of sp³-hybridized carbons (Fsp3) is 0.120. The second kappa shape index (κ2) is 6.31. The van der Waals surface area contributed by atoms with Crippen molar-refractivity contribution in [3.63, 3.8) is 0 Å². The molecule has 0 atom stereocenters. The summed E-state index contributed by atoms with van der Waals surface area (Å²) in [5, 5.41) is 12.4. The molecule has 0 bridgehead atoms. The van der Waals surface area contributed by atoms with Crippen LogP contribution in [0, 0.1) is 0 Å². The predicted molar refractivity (Wildman–Crippen MR) is 112 cm³/mol. The maximum absolute atomic E-state index is 10.1. The minimum atomic E-state index is 0.267. The van der Waals surface area contributed by atoms with Crippen LogP contribution in [0.2, 0.25) is 0 Å². The summed E-state index contributed by atoms with van der Waals surface area (Å²) >= 11 is 0. The number of hydrogen-bond donors (Lipinski definition) is 1. The maximum atomic E-state index is 10.1. The predicted octanol–water partition coefficient (Wildman–Crippen LogP) is 5.80. The van der Waals surface area contributed by atoms with Crippen LogP contribution in [-0.2, 0) is 6.42 Å². The van der Waals surface area contributed by atoms with Crippen LogP contribution in [0.1, 0.15) is 11.1 Å². The number of phenolic OH excluding ortho intramolecular Hbond substituents is 1. The largest absolute Gasteiger partial charge is 0.508 e. The van der Waals surface area contributed by atoms with Gasteiger partial charge in [0, 0.05) is 0 Å². The molecule has 0 heterocycles. The summed E-state index contributed by atoms with van der Waals surface area (Å²) in [6.45, 7) is 0. The number of rotatable bonds is 3. The molecule has 0 spiro atoms. The number of hydrogen-bond acceptors (Lipinski definition) is 3. The van der Waals surface area contributed by atoms with E-state index in [0.29, 0.717) is 0 Å². The minimum absolute atomic E-state index is 0.267. The molecule has 0 saturated carbocycles. The van der Waals surface area contributed by atoms with Gasteiger partial charge < -0.3 is 14.6 Å². The van der Waals surface area contributed by atoms with Gasteiger partial charge in [-0.1, -0.05) is 24.3 Å². The van der Waals surface area contributed by atoms with E-state index in [9.17, 15) is 5.11 Å². The topological polar surface area (TPSA) is 38.7 Å². The van der Waals surface area contributed by atoms with Crippen LogP contribution in [0.25, 0.3) is 33.0 Å². The summed E-state index contributed by atoms with van der Waals surface area (Å²) in [7, 11) is 3.38. The molecule has 5 rings (SSSR count). The van der Waals surface area contributed by atoms with Crippen LogP contribution in [0.4, 0.5) is 0 Å². The first-order chi connectivity index (χ1) is 13.7. The van der Waals surface area contributed by atoms with E-state index in [0.717, 1.165) is 39.8 Å². The van der Waals surface area contributed by atoms with Crippen LogP contribution < -0.4 is 9.47 Å². The van der Waals surface area contributed by atoms with Gasteiger partial charge in [-0.25, -0.2) is 0 Å². The number of aromatic hydroxyl groups is 1. The third kappa shape index (κ3) is 2.51. The molecule has 3 heteroatoms. The van der Waals surface area contributed by atoms with E-state index in [1.807, 2.05) is 24.3 Å². The summed E-state index contributed by atoms with van der Waals surface area (Å²) in [5.74, 6) is 1.96. The Morgan fingerprint density at radius 1 is 0.786 bits per heavy atom. The third-order valence-electron chi connectivity index (χ3n) is 5.56. The molecule has 28 heavy (non-hydrogen) atoms. The number of fused-ring (bicyclic) bond motifs is 4. The van der Waals surface area contributed by atoms with Gasteiger partial charge in [0.2, 0.25) is 0 Å². The fourth-order valence-corrected chi connectivity index (χ4v) is 4.26. The van der Waals surface area contributed by atoms with Crippen molar-refractivity contribution < 1.29 is 14.6 Å². The van der Waals surface area contributed by atoms with E-state index >= 15 is 0 Å². The summed E-state index contributed by atoms with van der Waals surface area (Å²) in [6, 6.07) is 22.2. The molecular weight excluding hydrogens is 348 g/mol. The van der Waals surface area contributed by atoms with Crippen LogP contribution >= 0.6 is 0 Å². The van der Waals surface area contributed by atoms with Gasteiger partial charge in [0.05, 0.1) is 14.2 Å². The van der Waals surface area contributed by atoms with Gasteiger partial charge in [-0.15, -0.1) is 0 Å². The van der Waals surface area contributed by atoms with Gasteiger partial charge in [-0.3, -0.25) is 0 Å². The standard InChI is InChI=1S/C25H20O3/c1-27-19-8-9-21-17(11-19)13-24-23(21)12-15-6-7-20(28-2)14-22(15)25(24)16-4-3-5-18(26)10-16/h3-12,14,26H,13H2,1-2H3. The van der Waals surface area contributed by atoms with Crippen LogP contribution in [0.15, 0.2) is 66.7 Å². The highest BCUT2D eigenvalue weighted by molar-refractivity contribution is 6.05. The SMILES string of the molecule is COc1ccc2c(c1)Cc1c-2cc2ccc(OC)cc2c1-c1cccc(O)c1. The molecule has 0 unspecified atom stereocenters. The molecule has 0 radical (unpaired) electrons. The molecule has 0 fully saturated rings. The molecule has 3 nitrogen and oxygen atoms in total. The Morgan fingerprint density at radius 2 is 1.57 bits per heavy atom. The average molecular weight is 368 g/mol. The van der Waals surface area contributed by atoms with E-state index in [4.69, 9.17) is 9.47 Å². The van der Waals surface area contributed by atoms with Crippen LogP contribution in [0.3, 0.4) is 0 Å². The maximum Gasteiger partial charge on any atom is 0.119 e. The molecule has 0 aliphatic heterocycles. The smallest absolute Gasteiger partial charge is 0.119 e. The first kappa shape index (κ1) is 16.7. The Bertz CT molecular complexity index is 1220. The molecule has 4 aromatic carbocycles.